The molecule has 0 saturated carbocycles. The molecule has 1 heterocycles. The van der Waals surface area contributed by atoms with Crippen molar-refractivity contribution in [1.82, 2.24) is 10.2 Å². The highest BCUT2D eigenvalue weighted by molar-refractivity contribution is 5.85. The highest BCUT2D eigenvalue weighted by Crippen LogP contribution is 2.17. The Bertz CT molecular complexity index is 361. The summed E-state index contributed by atoms with van der Waals surface area (Å²) >= 11 is 0. The maximum Gasteiger partial charge on any atom is 0.239 e. The second-order valence-corrected chi connectivity index (χ2v) is 6.93. The van der Waals surface area contributed by atoms with Gasteiger partial charge in [-0.25, -0.2) is 0 Å². The smallest absolute Gasteiger partial charge is 0.239 e. The SMILES string of the molecule is CC(C)C[C@H](N)C(=O)N1CCCC(CNC(=O)C(C)C)C1.Cl. The van der Waals surface area contributed by atoms with Gasteiger partial charge in [-0.15, -0.1) is 12.4 Å². The van der Waals surface area contributed by atoms with Gasteiger partial charge in [0.15, 0.2) is 0 Å². The van der Waals surface area contributed by atoms with Crippen LogP contribution in [-0.2, 0) is 9.59 Å². The number of carbonyl (C=O) groups excluding carboxylic acids is 2. The summed E-state index contributed by atoms with van der Waals surface area (Å²) in [7, 11) is 0. The van der Waals surface area contributed by atoms with E-state index in [9.17, 15) is 9.59 Å². The number of hydrogen-bond donors (Lipinski definition) is 2. The lowest BCUT2D eigenvalue weighted by molar-refractivity contribution is -0.134. The summed E-state index contributed by atoms with van der Waals surface area (Å²) in [6, 6.07) is -0.394. The van der Waals surface area contributed by atoms with E-state index in [1.807, 2.05) is 18.7 Å². The average Bonchev–Trinajstić information content (AvgIpc) is 2.43. The highest BCUT2D eigenvalue weighted by Gasteiger charge is 2.27. The quantitative estimate of drug-likeness (QED) is 0.778. The Labute approximate surface area is 140 Å². The molecule has 0 bridgehead atoms. The van der Waals surface area contributed by atoms with Crippen molar-refractivity contribution >= 4 is 24.2 Å². The van der Waals surface area contributed by atoms with Crippen LogP contribution in [0.5, 0.6) is 0 Å². The van der Waals surface area contributed by atoms with Crippen molar-refractivity contribution < 1.29 is 9.59 Å². The molecule has 2 amide bonds. The van der Waals surface area contributed by atoms with Crippen molar-refractivity contribution in [3.8, 4) is 0 Å². The molecule has 0 aliphatic carbocycles. The monoisotopic (exact) mass is 333 g/mol. The van der Waals surface area contributed by atoms with Gasteiger partial charge in [-0.05, 0) is 31.1 Å². The first-order valence-corrected chi connectivity index (χ1v) is 8.13. The molecule has 1 rings (SSSR count). The lowest BCUT2D eigenvalue weighted by Crippen LogP contribution is -2.50. The molecule has 0 aromatic rings. The molecule has 0 radical (unpaired) electrons. The first-order valence-electron chi connectivity index (χ1n) is 8.13. The molecule has 1 saturated heterocycles. The van der Waals surface area contributed by atoms with Gasteiger partial charge in [-0.3, -0.25) is 9.59 Å². The molecule has 1 aliphatic heterocycles. The Balaban J connectivity index is 0.00000441. The van der Waals surface area contributed by atoms with Gasteiger partial charge in [0.2, 0.25) is 11.8 Å². The van der Waals surface area contributed by atoms with Crippen LogP contribution in [0, 0.1) is 17.8 Å². The molecular weight excluding hydrogens is 302 g/mol. The van der Waals surface area contributed by atoms with E-state index >= 15 is 0 Å². The normalized spacial score (nSPS) is 19.8. The molecule has 3 N–H and O–H groups in total. The van der Waals surface area contributed by atoms with Crippen LogP contribution in [0.3, 0.4) is 0 Å². The summed E-state index contributed by atoms with van der Waals surface area (Å²) in [4.78, 5) is 25.8. The molecular formula is C16H32ClN3O2. The van der Waals surface area contributed by atoms with Gasteiger partial charge in [-0.1, -0.05) is 27.7 Å². The largest absolute Gasteiger partial charge is 0.356 e. The molecule has 130 valence electrons. The van der Waals surface area contributed by atoms with Crippen molar-refractivity contribution in [3.63, 3.8) is 0 Å². The van der Waals surface area contributed by atoms with E-state index in [1.54, 1.807) is 0 Å². The molecule has 0 spiro atoms. The number of likely N-dealkylation sites (tertiary alicyclic amines) is 1. The summed E-state index contributed by atoms with van der Waals surface area (Å²) < 4.78 is 0. The second kappa shape index (κ2) is 10.1. The van der Waals surface area contributed by atoms with Crippen molar-refractivity contribution in [3.05, 3.63) is 0 Å². The van der Waals surface area contributed by atoms with E-state index in [1.165, 1.54) is 0 Å². The van der Waals surface area contributed by atoms with Crippen LogP contribution < -0.4 is 11.1 Å². The van der Waals surface area contributed by atoms with Crippen molar-refractivity contribution in [2.45, 2.75) is 53.0 Å². The number of amides is 2. The molecule has 5 nitrogen and oxygen atoms in total. The zero-order chi connectivity index (χ0) is 16.0. The van der Waals surface area contributed by atoms with Crippen LogP contribution in [0.25, 0.3) is 0 Å². The maximum atomic E-state index is 12.3. The first kappa shape index (κ1) is 21.2. The van der Waals surface area contributed by atoms with E-state index in [0.29, 0.717) is 24.9 Å². The number of hydrogen-bond acceptors (Lipinski definition) is 3. The topological polar surface area (TPSA) is 75.4 Å². The molecule has 1 aliphatic rings. The predicted molar refractivity (Wildman–Crippen MR) is 91.8 cm³/mol. The lowest BCUT2D eigenvalue weighted by Gasteiger charge is -2.34. The van der Waals surface area contributed by atoms with Crippen LogP contribution in [0.4, 0.5) is 0 Å². The number of piperidine rings is 1. The fourth-order valence-electron chi connectivity index (χ4n) is 2.72. The Morgan fingerprint density at radius 3 is 2.45 bits per heavy atom. The third-order valence-electron chi connectivity index (χ3n) is 3.96. The number of carbonyl (C=O) groups is 2. The minimum atomic E-state index is -0.394. The second-order valence-electron chi connectivity index (χ2n) is 6.93. The minimum absolute atomic E-state index is 0. The fraction of sp³-hybridized carbons (Fsp3) is 0.875. The predicted octanol–water partition coefficient (Wildman–Crippen LogP) is 1.79. The molecule has 1 fully saturated rings. The van der Waals surface area contributed by atoms with Crippen molar-refractivity contribution in [2.75, 3.05) is 19.6 Å². The molecule has 0 aromatic heterocycles. The number of rotatable bonds is 6. The van der Waals surface area contributed by atoms with Crippen LogP contribution >= 0.6 is 12.4 Å². The van der Waals surface area contributed by atoms with Gasteiger partial charge >= 0.3 is 0 Å². The van der Waals surface area contributed by atoms with E-state index in [-0.39, 0.29) is 30.1 Å². The fourth-order valence-corrected chi connectivity index (χ4v) is 2.72. The van der Waals surface area contributed by atoms with Gasteiger partial charge in [-0.2, -0.15) is 0 Å². The zero-order valence-corrected chi connectivity index (χ0v) is 15.1. The molecule has 6 heteroatoms. The highest BCUT2D eigenvalue weighted by atomic mass is 35.5. The number of nitrogens with two attached hydrogens (primary N) is 1. The molecule has 22 heavy (non-hydrogen) atoms. The standard InChI is InChI=1S/C16H31N3O2.ClH/c1-11(2)8-14(17)16(21)19-7-5-6-13(10-19)9-18-15(20)12(3)4;/h11-14H,5-10,17H2,1-4H3,(H,18,20);1H/t13?,14-;/m0./s1. The maximum absolute atomic E-state index is 12.3. The van der Waals surface area contributed by atoms with Crippen LogP contribution in [0.2, 0.25) is 0 Å². The minimum Gasteiger partial charge on any atom is -0.356 e. The Morgan fingerprint density at radius 1 is 1.27 bits per heavy atom. The van der Waals surface area contributed by atoms with Gasteiger partial charge in [0, 0.05) is 25.6 Å². The Morgan fingerprint density at radius 2 is 1.91 bits per heavy atom. The third kappa shape index (κ3) is 6.97. The Kier molecular flexibility index (Phi) is 9.69. The first-order chi connectivity index (χ1) is 9.81. The Hall–Kier alpha value is -0.810. The average molecular weight is 334 g/mol. The van der Waals surface area contributed by atoms with Gasteiger partial charge in [0.25, 0.3) is 0 Å². The summed E-state index contributed by atoms with van der Waals surface area (Å²) in [6.45, 7) is 10.1. The van der Waals surface area contributed by atoms with Crippen molar-refractivity contribution in [1.29, 1.82) is 0 Å². The molecule has 1 unspecified atom stereocenters. The number of nitrogens with one attached hydrogen (secondary N) is 1. The summed E-state index contributed by atoms with van der Waals surface area (Å²) in [5.74, 6) is 0.913. The van der Waals surface area contributed by atoms with E-state index in [4.69, 9.17) is 5.73 Å². The third-order valence-corrected chi connectivity index (χ3v) is 3.96. The van der Waals surface area contributed by atoms with Crippen molar-refractivity contribution in [2.24, 2.45) is 23.5 Å². The molecule has 2 atom stereocenters. The number of halogens is 1. The van der Waals surface area contributed by atoms with Crippen LogP contribution in [-0.4, -0.2) is 42.4 Å². The van der Waals surface area contributed by atoms with E-state index in [0.717, 1.165) is 25.8 Å². The van der Waals surface area contributed by atoms with E-state index < -0.39 is 6.04 Å². The van der Waals surface area contributed by atoms with Gasteiger partial charge in [0.1, 0.15) is 0 Å². The van der Waals surface area contributed by atoms with Crippen LogP contribution in [0.15, 0.2) is 0 Å². The summed E-state index contributed by atoms with van der Waals surface area (Å²) in [5.41, 5.74) is 6.00. The number of nitrogens with zero attached hydrogens (tertiary/aromatic N) is 1. The molecule has 0 aromatic carbocycles. The van der Waals surface area contributed by atoms with Gasteiger partial charge in [0.05, 0.1) is 6.04 Å². The summed E-state index contributed by atoms with van der Waals surface area (Å²) in [5, 5.41) is 2.96. The zero-order valence-electron chi connectivity index (χ0n) is 14.3. The lowest BCUT2D eigenvalue weighted by atomic mass is 9.96. The van der Waals surface area contributed by atoms with E-state index in [2.05, 4.69) is 19.2 Å². The summed E-state index contributed by atoms with van der Waals surface area (Å²) in [6.07, 6.45) is 2.77. The van der Waals surface area contributed by atoms with Crippen LogP contribution in [0.1, 0.15) is 47.0 Å². The van der Waals surface area contributed by atoms with Gasteiger partial charge < -0.3 is 16.0 Å².